The van der Waals surface area contributed by atoms with Crippen molar-refractivity contribution in [1.29, 1.82) is 0 Å². The van der Waals surface area contributed by atoms with Gasteiger partial charge in [-0.25, -0.2) is 4.79 Å². The number of methoxy groups -OCH3 is 1. The number of aromatic amines is 1. The lowest BCUT2D eigenvalue weighted by molar-refractivity contribution is 0.0524. The third kappa shape index (κ3) is 1.92. The van der Waals surface area contributed by atoms with E-state index >= 15 is 0 Å². The number of hydrogen-bond donors (Lipinski definition) is 1. The van der Waals surface area contributed by atoms with Crippen LogP contribution in [0.25, 0.3) is 11.0 Å². The van der Waals surface area contributed by atoms with E-state index < -0.39 is 11.4 Å². The lowest BCUT2D eigenvalue weighted by Gasteiger charge is -2.05. The van der Waals surface area contributed by atoms with Gasteiger partial charge >= 0.3 is 5.97 Å². The number of fused-ring (bicyclic) bond motifs is 1. The predicted molar refractivity (Wildman–Crippen MR) is 64.9 cm³/mol. The molecule has 0 bridgehead atoms. The summed E-state index contributed by atoms with van der Waals surface area (Å²) >= 11 is 0. The summed E-state index contributed by atoms with van der Waals surface area (Å²) in [4.78, 5) is 30.4. The largest absolute Gasteiger partial charge is 0.494 e. The van der Waals surface area contributed by atoms with Gasteiger partial charge in [-0.1, -0.05) is 0 Å². The third-order valence-corrected chi connectivity index (χ3v) is 2.45. The van der Waals surface area contributed by atoms with Crippen molar-refractivity contribution < 1.29 is 14.3 Å². The molecule has 94 valence electrons. The van der Waals surface area contributed by atoms with Crippen molar-refractivity contribution in [3.63, 3.8) is 0 Å². The van der Waals surface area contributed by atoms with E-state index in [0.29, 0.717) is 11.3 Å². The smallest absolute Gasteiger partial charge is 0.343 e. The van der Waals surface area contributed by atoms with Crippen LogP contribution in [0.2, 0.25) is 0 Å². The molecule has 0 amide bonds. The molecule has 0 fully saturated rings. The van der Waals surface area contributed by atoms with Gasteiger partial charge in [-0.3, -0.25) is 9.78 Å². The Morgan fingerprint density at radius 3 is 2.94 bits per heavy atom. The molecule has 0 spiro atoms. The van der Waals surface area contributed by atoms with Gasteiger partial charge in [0, 0.05) is 18.5 Å². The van der Waals surface area contributed by atoms with Gasteiger partial charge in [-0.15, -0.1) is 0 Å². The Bertz CT molecular complexity index is 648. The number of pyridine rings is 2. The van der Waals surface area contributed by atoms with Crippen LogP contribution in [0.5, 0.6) is 5.75 Å². The Kier molecular flexibility index (Phi) is 3.27. The number of nitrogens with one attached hydrogen (secondary N) is 1. The molecule has 2 aromatic rings. The first-order chi connectivity index (χ1) is 8.69. The van der Waals surface area contributed by atoms with Gasteiger partial charge in [0.15, 0.2) is 0 Å². The fourth-order valence-corrected chi connectivity index (χ4v) is 1.62. The highest BCUT2D eigenvalue weighted by Gasteiger charge is 2.16. The van der Waals surface area contributed by atoms with Crippen LogP contribution in [0.4, 0.5) is 0 Å². The van der Waals surface area contributed by atoms with Crippen LogP contribution in [-0.4, -0.2) is 29.7 Å². The van der Waals surface area contributed by atoms with Gasteiger partial charge in [-0.2, -0.15) is 0 Å². The Hall–Kier alpha value is -2.37. The number of H-pyrrole nitrogens is 1. The zero-order chi connectivity index (χ0) is 13.1. The molecule has 18 heavy (non-hydrogen) atoms. The first-order valence-corrected chi connectivity index (χ1v) is 5.40. The fourth-order valence-electron chi connectivity index (χ4n) is 1.62. The molecule has 0 saturated carbocycles. The van der Waals surface area contributed by atoms with Gasteiger partial charge in [0.2, 0.25) is 5.43 Å². The average Bonchev–Trinajstić information content (AvgIpc) is 2.39. The molecular weight excluding hydrogens is 236 g/mol. The van der Waals surface area contributed by atoms with E-state index in [0.717, 1.165) is 0 Å². The molecule has 2 aromatic heterocycles. The molecule has 0 atom stereocenters. The van der Waals surface area contributed by atoms with Gasteiger partial charge in [0.1, 0.15) is 22.3 Å². The number of aromatic nitrogens is 2. The summed E-state index contributed by atoms with van der Waals surface area (Å²) in [6, 6.07) is 1.63. The molecule has 0 saturated heterocycles. The van der Waals surface area contributed by atoms with E-state index in [4.69, 9.17) is 9.47 Å². The van der Waals surface area contributed by atoms with Crippen LogP contribution in [0, 0.1) is 0 Å². The number of carbonyl (C=O) groups excluding carboxylic acids is 1. The van der Waals surface area contributed by atoms with Crippen LogP contribution in [0.1, 0.15) is 17.3 Å². The molecule has 0 aliphatic rings. The van der Waals surface area contributed by atoms with Crippen LogP contribution in [-0.2, 0) is 4.74 Å². The van der Waals surface area contributed by atoms with Crippen molar-refractivity contribution in [2.75, 3.05) is 13.7 Å². The minimum atomic E-state index is -0.662. The quantitative estimate of drug-likeness (QED) is 0.823. The number of rotatable bonds is 3. The predicted octanol–water partition coefficient (Wildman–Crippen LogP) is 1.11. The molecule has 0 aromatic carbocycles. The summed E-state index contributed by atoms with van der Waals surface area (Å²) < 4.78 is 9.90. The summed E-state index contributed by atoms with van der Waals surface area (Å²) in [6.45, 7) is 1.89. The molecule has 2 rings (SSSR count). The average molecular weight is 248 g/mol. The molecule has 0 unspecified atom stereocenters. The summed E-state index contributed by atoms with van der Waals surface area (Å²) in [6.07, 6.45) is 2.76. The van der Waals surface area contributed by atoms with Gasteiger partial charge < -0.3 is 14.5 Å². The van der Waals surface area contributed by atoms with Crippen LogP contribution in [0.15, 0.2) is 23.3 Å². The highest BCUT2D eigenvalue weighted by molar-refractivity contribution is 5.93. The Labute approximate surface area is 103 Å². The van der Waals surface area contributed by atoms with E-state index in [-0.39, 0.29) is 17.7 Å². The minimum absolute atomic E-state index is 0.0647. The topological polar surface area (TPSA) is 81.3 Å². The van der Waals surface area contributed by atoms with Crippen molar-refractivity contribution in [2.24, 2.45) is 0 Å². The molecule has 1 N–H and O–H groups in total. The zero-order valence-electron chi connectivity index (χ0n) is 10.0. The number of nitrogens with zero attached hydrogens (tertiary/aromatic N) is 1. The fraction of sp³-hybridized carbons (Fsp3) is 0.250. The number of hydrogen-bond acceptors (Lipinski definition) is 5. The molecule has 2 heterocycles. The van der Waals surface area contributed by atoms with Crippen molar-refractivity contribution in [3.05, 3.63) is 34.2 Å². The monoisotopic (exact) mass is 248 g/mol. The molecule has 0 aliphatic heterocycles. The van der Waals surface area contributed by atoms with E-state index in [1.54, 1.807) is 13.0 Å². The summed E-state index contributed by atoms with van der Waals surface area (Å²) in [5, 5.41) is 0. The molecular formula is C12H12N2O4. The first kappa shape index (κ1) is 12.1. The van der Waals surface area contributed by atoms with Gasteiger partial charge in [0.05, 0.1) is 13.7 Å². The van der Waals surface area contributed by atoms with Crippen molar-refractivity contribution in [3.8, 4) is 5.75 Å². The molecule has 0 radical (unpaired) electrons. The summed E-state index contributed by atoms with van der Waals surface area (Å²) in [7, 11) is 1.49. The lowest BCUT2D eigenvalue weighted by atomic mass is 10.2. The Morgan fingerprint density at radius 2 is 2.28 bits per heavy atom. The Morgan fingerprint density at radius 1 is 1.50 bits per heavy atom. The van der Waals surface area contributed by atoms with Crippen molar-refractivity contribution in [1.82, 2.24) is 9.97 Å². The maximum Gasteiger partial charge on any atom is 0.343 e. The summed E-state index contributed by atoms with van der Waals surface area (Å²) in [5.74, 6) is -0.169. The SMILES string of the molecule is CCOC(=O)c1c[nH]c2c(OC)ccnc2c1=O. The second-order valence-electron chi connectivity index (χ2n) is 3.49. The number of carbonyl (C=O) groups is 1. The van der Waals surface area contributed by atoms with E-state index in [1.165, 1.54) is 19.5 Å². The van der Waals surface area contributed by atoms with E-state index in [9.17, 15) is 9.59 Å². The maximum atomic E-state index is 12.1. The Balaban J connectivity index is 2.65. The summed E-state index contributed by atoms with van der Waals surface area (Å²) in [5.41, 5.74) is 0.0733. The third-order valence-electron chi connectivity index (χ3n) is 2.45. The molecule has 6 nitrogen and oxygen atoms in total. The number of esters is 1. The van der Waals surface area contributed by atoms with Gasteiger partial charge in [-0.05, 0) is 6.92 Å². The zero-order valence-corrected chi connectivity index (χ0v) is 10.0. The highest BCUT2D eigenvalue weighted by atomic mass is 16.5. The van der Waals surface area contributed by atoms with Crippen LogP contribution >= 0.6 is 0 Å². The lowest BCUT2D eigenvalue weighted by Crippen LogP contribution is -2.19. The minimum Gasteiger partial charge on any atom is -0.494 e. The first-order valence-electron chi connectivity index (χ1n) is 5.40. The van der Waals surface area contributed by atoms with E-state index in [1.807, 2.05) is 0 Å². The van der Waals surface area contributed by atoms with Crippen LogP contribution in [0.3, 0.4) is 0 Å². The standard InChI is InChI=1S/C12H12N2O4/c1-3-18-12(16)7-6-14-9-8(17-2)4-5-13-10(9)11(7)15/h4-6H,3H2,1-2H3,(H,14,15). The highest BCUT2D eigenvalue weighted by Crippen LogP contribution is 2.18. The van der Waals surface area contributed by atoms with Crippen molar-refractivity contribution >= 4 is 17.0 Å². The normalized spacial score (nSPS) is 10.3. The van der Waals surface area contributed by atoms with Crippen LogP contribution < -0.4 is 10.2 Å². The van der Waals surface area contributed by atoms with E-state index in [2.05, 4.69) is 9.97 Å². The van der Waals surface area contributed by atoms with Crippen molar-refractivity contribution in [2.45, 2.75) is 6.92 Å². The number of ether oxygens (including phenoxy) is 2. The molecule has 0 aliphatic carbocycles. The second kappa shape index (κ2) is 4.87. The van der Waals surface area contributed by atoms with Gasteiger partial charge in [0.25, 0.3) is 0 Å². The second-order valence-corrected chi connectivity index (χ2v) is 3.49. The molecule has 6 heteroatoms. The maximum absolute atomic E-state index is 12.1.